The SMILES string of the molecule is COC(=O)C1=C(C(=O)OC)[C@@H](C(=O)OC)N2C=CC(C)=CC2=C1C(=O)OC. The van der Waals surface area contributed by atoms with Crippen molar-refractivity contribution in [1.82, 2.24) is 4.90 Å². The van der Waals surface area contributed by atoms with Gasteiger partial charge in [-0.3, -0.25) is 0 Å². The zero-order valence-electron chi connectivity index (χ0n) is 15.5. The lowest BCUT2D eigenvalue weighted by Crippen LogP contribution is -2.47. The van der Waals surface area contributed by atoms with Gasteiger partial charge in [0.25, 0.3) is 0 Å². The number of nitrogens with zero attached hydrogens (tertiary/aromatic N) is 1. The van der Waals surface area contributed by atoms with Crippen LogP contribution in [-0.4, -0.2) is 63.3 Å². The molecule has 0 bridgehead atoms. The van der Waals surface area contributed by atoms with E-state index in [-0.39, 0.29) is 16.8 Å². The third kappa shape index (κ3) is 3.35. The number of hydrogen-bond acceptors (Lipinski definition) is 9. The van der Waals surface area contributed by atoms with Gasteiger partial charge in [-0.2, -0.15) is 0 Å². The van der Waals surface area contributed by atoms with E-state index in [9.17, 15) is 19.2 Å². The van der Waals surface area contributed by atoms with Gasteiger partial charge in [0.1, 0.15) is 0 Å². The summed E-state index contributed by atoms with van der Waals surface area (Å²) in [6.07, 6.45) is 4.76. The van der Waals surface area contributed by atoms with Crippen LogP contribution < -0.4 is 0 Å². The Hall–Kier alpha value is -3.36. The van der Waals surface area contributed by atoms with Crippen LogP contribution in [0, 0.1) is 0 Å². The molecule has 0 saturated heterocycles. The van der Waals surface area contributed by atoms with Crippen molar-refractivity contribution in [2.24, 2.45) is 0 Å². The van der Waals surface area contributed by atoms with Crippen LogP contribution in [0.5, 0.6) is 0 Å². The molecule has 0 N–H and O–H groups in total. The number of carbonyl (C=O) groups excluding carboxylic acids is 4. The molecule has 9 nitrogen and oxygen atoms in total. The van der Waals surface area contributed by atoms with Gasteiger partial charge in [-0.05, 0) is 24.6 Å². The average Bonchev–Trinajstić information content (AvgIpc) is 2.69. The summed E-state index contributed by atoms with van der Waals surface area (Å²) < 4.78 is 19.1. The van der Waals surface area contributed by atoms with E-state index in [1.165, 1.54) is 11.1 Å². The number of ether oxygens (including phenoxy) is 4. The van der Waals surface area contributed by atoms with Crippen LogP contribution in [0.4, 0.5) is 0 Å². The van der Waals surface area contributed by atoms with Gasteiger partial charge in [0.15, 0.2) is 6.04 Å². The topological polar surface area (TPSA) is 108 Å². The Balaban J connectivity index is 2.96. The second-order valence-corrected chi connectivity index (χ2v) is 5.56. The van der Waals surface area contributed by atoms with Gasteiger partial charge >= 0.3 is 23.9 Å². The molecule has 0 aromatic carbocycles. The highest BCUT2D eigenvalue weighted by atomic mass is 16.5. The Morgan fingerprint density at radius 2 is 1.41 bits per heavy atom. The molecule has 0 aromatic rings. The zero-order valence-corrected chi connectivity index (χ0v) is 15.5. The molecule has 2 aliphatic rings. The molecule has 0 saturated carbocycles. The normalized spacial score (nSPS) is 18.5. The number of methoxy groups -OCH3 is 4. The number of carbonyl (C=O) groups is 4. The summed E-state index contributed by atoms with van der Waals surface area (Å²) in [5, 5.41) is 0. The minimum Gasteiger partial charge on any atom is -0.467 e. The summed E-state index contributed by atoms with van der Waals surface area (Å²) in [5.74, 6) is -3.67. The quantitative estimate of drug-likeness (QED) is 0.507. The van der Waals surface area contributed by atoms with Gasteiger partial charge in [-0.15, -0.1) is 0 Å². The number of hydrogen-bond donors (Lipinski definition) is 0. The summed E-state index contributed by atoms with van der Waals surface area (Å²) in [6, 6.07) is -1.35. The Morgan fingerprint density at radius 3 is 1.93 bits per heavy atom. The summed E-state index contributed by atoms with van der Waals surface area (Å²) in [4.78, 5) is 51.3. The second kappa shape index (κ2) is 7.90. The number of allylic oxidation sites excluding steroid dienone is 3. The highest BCUT2D eigenvalue weighted by Crippen LogP contribution is 2.38. The summed E-state index contributed by atoms with van der Waals surface area (Å²) in [6.45, 7) is 1.76. The molecule has 0 spiro atoms. The number of rotatable bonds is 4. The van der Waals surface area contributed by atoms with Crippen LogP contribution >= 0.6 is 0 Å². The molecule has 0 fully saturated rings. The van der Waals surface area contributed by atoms with Gasteiger partial charge in [0, 0.05) is 6.20 Å². The molecule has 9 heteroatoms. The van der Waals surface area contributed by atoms with Gasteiger partial charge < -0.3 is 23.8 Å². The molecule has 0 aromatic heterocycles. The van der Waals surface area contributed by atoms with Crippen molar-refractivity contribution in [3.63, 3.8) is 0 Å². The average molecular weight is 377 g/mol. The van der Waals surface area contributed by atoms with Crippen LogP contribution in [0.15, 0.2) is 46.3 Å². The molecule has 2 aliphatic heterocycles. The maximum atomic E-state index is 12.5. The van der Waals surface area contributed by atoms with E-state index < -0.39 is 35.5 Å². The van der Waals surface area contributed by atoms with E-state index in [0.717, 1.165) is 34.0 Å². The lowest BCUT2D eigenvalue weighted by atomic mass is 9.86. The van der Waals surface area contributed by atoms with Crippen molar-refractivity contribution in [3.8, 4) is 0 Å². The number of esters is 4. The van der Waals surface area contributed by atoms with E-state index in [1.807, 2.05) is 0 Å². The smallest absolute Gasteiger partial charge is 0.340 e. The van der Waals surface area contributed by atoms with Crippen LogP contribution in [-0.2, 0) is 38.1 Å². The van der Waals surface area contributed by atoms with Gasteiger partial charge in [0.2, 0.25) is 0 Å². The van der Waals surface area contributed by atoms with Crippen LogP contribution in [0.25, 0.3) is 0 Å². The van der Waals surface area contributed by atoms with E-state index in [2.05, 4.69) is 0 Å². The number of fused-ring (bicyclic) bond motifs is 1. The molecule has 2 rings (SSSR count). The maximum absolute atomic E-state index is 12.5. The largest absolute Gasteiger partial charge is 0.467 e. The first-order valence-corrected chi connectivity index (χ1v) is 7.78. The molecule has 2 heterocycles. The Bertz CT molecular complexity index is 830. The second-order valence-electron chi connectivity index (χ2n) is 5.56. The van der Waals surface area contributed by atoms with Crippen molar-refractivity contribution in [1.29, 1.82) is 0 Å². The van der Waals surface area contributed by atoms with Gasteiger partial charge in [0.05, 0.1) is 50.9 Å². The fourth-order valence-electron chi connectivity index (χ4n) is 2.87. The third-order valence-corrected chi connectivity index (χ3v) is 4.08. The predicted octanol–water partition coefficient (Wildman–Crippen LogP) is 0.387. The molecule has 27 heavy (non-hydrogen) atoms. The van der Waals surface area contributed by atoms with E-state index in [1.54, 1.807) is 19.1 Å². The van der Waals surface area contributed by atoms with Crippen LogP contribution in [0.3, 0.4) is 0 Å². The lowest BCUT2D eigenvalue weighted by molar-refractivity contribution is -0.148. The monoisotopic (exact) mass is 377 g/mol. The standard InChI is InChI=1S/C18H19NO8/c1-9-6-7-19-10(8-9)11(15(20)24-2)12(16(21)25-3)13(17(22)26-4)14(19)18(23)27-5/h6-8,14H,1-5H3/t14-/m0/s1. The molecule has 1 atom stereocenters. The summed E-state index contributed by atoms with van der Waals surface area (Å²) >= 11 is 0. The molecule has 0 unspecified atom stereocenters. The van der Waals surface area contributed by atoms with E-state index in [0.29, 0.717) is 0 Å². The first-order valence-electron chi connectivity index (χ1n) is 7.78. The van der Waals surface area contributed by atoms with E-state index in [4.69, 9.17) is 18.9 Å². The Kier molecular flexibility index (Phi) is 5.84. The third-order valence-electron chi connectivity index (χ3n) is 4.08. The molecule has 0 amide bonds. The molecular weight excluding hydrogens is 358 g/mol. The highest BCUT2D eigenvalue weighted by molar-refractivity contribution is 6.15. The summed E-state index contributed by atoms with van der Waals surface area (Å²) in [5.41, 5.74) is -0.0499. The Morgan fingerprint density at radius 1 is 0.852 bits per heavy atom. The fourth-order valence-corrected chi connectivity index (χ4v) is 2.87. The van der Waals surface area contributed by atoms with Crippen molar-refractivity contribution >= 4 is 23.9 Å². The zero-order chi connectivity index (χ0) is 20.3. The predicted molar refractivity (Wildman–Crippen MR) is 90.6 cm³/mol. The first-order chi connectivity index (χ1) is 12.8. The highest BCUT2D eigenvalue weighted by Gasteiger charge is 2.47. The fraction of sp³-hybridized carbons (Fsp3) is 0.333. The van der Waals surface area contributed by atoms with Crippen molar-refractivity contribution in [3.05, 3.63) is 46.3 Å². The van der Waals surface area contributed by atoms with Crippen LogP contribution in [0.2, 0.25) is 0 Å². The van der Waals surface area contributed by atoms with Crippen molar-refractivity contribution in [2.45, 2.75) is 13.0 Å². The lowest BCUT2D eigenvalue weighted by Gasteiger charge is -2.37. The van der Waals surface area contributed by atoms with Gasteiger partial charge in [-0.25, -0.2) is 19.2 Å². The minimum absolute atomic E-state index is 0.199. The van der Waals surface area contributed by atoms with Crippen molar-refractivity contribution < 1.29 is 38.1 Å². The molecule has 0 radical (unpaired) electrons. The minimum atomic E-state index is -1.35. The maximum Gasteiger partial charge on any atom is 0.340 e. The van der Waals surface area contributed by atoms with Crippen LogP contribution in [0.1, 0.15) is 6.92 Å². The molecule has 144 valence electrons. The molecular formula is C18H19NO8. The molecule has 0 aliphatic carbocycles. The summed E-state index contributed by atoms with van der Waals surface area (Å²) in [7, 11) is 4.45. The Labute approximate surface area is 155 Å². The van der Waals surface area contributed by atoms with Crippen molar-refractivity contribution in [2.75, 3.05) is 28.4 Å². The van der Waals surface area contributed by atoms with E-state index >= 15 is 0 Å². The first kappa shape index (κ1) is 20.0. The van der Waals surface area contributed by atoms with Gasteiger partial charge in [-0.1, -0.05) is 0 Å².